The van der Waals surface area contributed by atoms with Crippen LogP contribution in [0.2, 0.25) is 0 Å². The van der Waals surface area contributed by atoms with Crippen LogP contribution in [0, 0.1) is 0 Å². The third-order valence-electron chi connectivity index (χ3n) is 2.37. The van der Waals surface area contributed by atoms with Crippen molar-refractivity contribution >= 4 is 11.7 Å². The molecule has 1 aromatic carbocycles. The number of esters is 1. The maximum atomic E-state index is 11.5. The number of hydrogen-bond acceptors (Lipinski definition) is 3. The predicted octanol–water partition coefficient (Wildman–Crippen LogP) is 2.07. The monoisotopic (exact) mass is 207 g/mol. The Bertz CT molecular complexity index is 311. The van der Waals surface area contributed by atoms with Gasteiger partial charge < -0.3 is 9.64 Å². The lowest BCUT2D eigenvalue weighted by molar-refractivity contribution is -0.144. The highest BCUT2D eigenvalue weighted by Crippen LogP contribution is 2.14. The lowest BCUT2D eigenvalue weighted by Gasteiger charge is -2.25. The minimum Gasteiger partial charge on any atom is -0.464 e. The molecule has 0 N–H and O–H groups in total. The maximum Gasteiger partial charge on any atom is 0.328 e. The number of nitrogens with zero attached hydrogens (tertiary/aromatic N) is 1. The van der Waals surface area contributed by atoms with E-state index >= 15 is 0 Å². The first-order valence-electron chi connectivity index (χ1n) is 5.11. The summed E-state index contributed by atoms with van der Waals surface area (Å²) in [5, 5.41) is 0. The van der Waals surface area contributed by atoms with Crippen molar-refractivity contribution in [1.82, 2.24) is 0 Å². The fourth-order valence-electron chi connectivity index (χ4n) is 1.31. The van der Waals surface area contributed by atoms with E-state index < -0.39 is 0 Å². The number of benzene rings is 1. The molecule has 0 radical (unpaired) electrons. The Kier molecular flexibility index (Phi) is 4.16. The van der Waals surface area contributed by atoms with Gasteiger partial charge >= 0.3 is 5.97 Å². The van der Waals surface area contributed by atoms with Gasteiger partial charge in [0.25, 0.3) is 0 Å². The maximum absolute atomic E-state index is 11.5. The fraction of sp³-hybridized carbons (Fsp3) is 0.417. The molecule has 0 aromatic heterocycles. The standard InChI is InChI=1S/C12H17NO2/c1-4-15-12(14)10(2)13(3)11-8-6-5-7-9-11/h5-10H,4H2,1-3H3/t10-/m0/s1. The van der Waals surface area contributed by atoms with Crippen LogP contribution < -0.4 is 4.90 Å². The zero-order valence-electron chi connectivity index (χ0n) is 9.43. The normalized spacial score (nSPS) is 11.9. The molecule has 0 aliphatic heterocycles. The van der Waals surface area contributed by atoms with Crippen LogP contribution in [0.25, 0.3) is 0 Å². The summed E-state index contributed by atoms with van der Waals surface area (Å²) < 4.78 is 4.97. The number of para-hydroxylation sites is 1. The van der Waals surface area contributed by atoms with Crippen molar-refractivity contribution in [2.45, 2.75) is 19.9 Å². The zero-order chi connectivity index (χ0) is 11.3. The van der Waals surface area contributed by atoms with Crippen molar-refractivity contribution in [2.75, 3.05) is 18.6 Å². The molecule has 3 heteroatoms. The summed E-state index contributed by atoms with van der Waals surface area (Å²) in [5.41, 5.74) is 1.01. The van der Waals surface area contributed by atoms with Crippen molar-refractivity contribution in [1.29, 1.82) is 0 Å². The highest BCUT2D eigenvalue weighted by atomic mass is 16.5. The molecule has 15 heavy (non-hydrogen) atoms. The van der Waals surface area contributed by atoms with E-state index in [4.69, 9.17) is 4.74 Å². The second kappa shape index (κ2) is 5.39. The van der Waals surface area contributed by atoms with Crippen LogP contribution in [0.4, 0.5) is 5.69 Å². The van der Waals surface area contributed by atoms with Gasteiger partial charge in [0.05, 0.1) is 6.61 Å². The Morgan fingerprint density at radius 3 is 2.53 bits per heavy atom. The Morgan fingerprint density at radius 2 is 2.00 bits per heavy atom. The van der Waals surface area contributed by atoms with Gasteiger partial charge in [-0.05, 0) is 26.0 Å². The quantitative estimate of drug-likeness (QED) is 0.708. The Labute approximate surface area is 90.7 Å². The van der Waals surface area contributed by atoms with Crippen molar-refractivity contribution in [2.24, 2.45) is 0 Å². The van der Waals surface area contributed by atoms with E-state index in [1.165, 1.54) is 0 Å². The molecule has 0 saturated heterocycles. The van der Waals surface area contributed by atoms with Gasteiger partial charge in [-0.25, -0.2) is 4.79 Å². The molecule has 0 saturated carbocycles. The summed E-state index contributed by atoms with van der Waals surface area (Å²) >= 11 is 0. The van der Waals surface area contributed by atoms with Gasteiger partial charge in [-0.1, -0.05) is 18.2 Å². The minimum absolute atomic E-state index is 0.191. The van der Waals surface area contributed by atoms with E-state index in [9.17, 15) is 4.79 Å². The van der Waals surface area contributed by atoms with Crippen LogP contribution in [-0.2, 0) is 9.53 Å². The summed E-state index contributed by atoms with van der Waals surface area (Å²) in [6.07, 6.45) is 0. The molecule has 1 rings (SSSR count). The Balaban J connectivity index is 2.68. The Morgan fingerprint density at radius 1 is 1.40 bits per heavy atom. The molecule has 0 heterocycles. The van der Waals surface area contributed by atoms with E-state index in [0.29, 0.717) is 6.61 Å². The predicted molar refractivity (Wildman–Crippen MR) is 60.9 cm³/mol. The van der Waals surface area contributed by atoms with E-state index in [2.05, 4.69) is 0 Å². The third-order valence-corrected chi connectivity index (χ3v) is 2.37. The molecule has 0 aliphatic carbocycles. The average molecular weight is 207 g/mol. The zero-order valence-corrected chi connectivity index (χ0v) is 9.43. The third kappa shape index (κ3) is 2.98. The molecule has 0 spiro atoms. The van der Waals surface area contributed by atoms with Gasteiger partial charge in [0.15, 0.2) is 0 Å². The number of likely N-dealkylation sites (N-methyl/N-ethyl adjacent to an activating group) is 1. The second-order valence-corrected chi connectivity index (χ2v) is 3.37. The van der Waals surface area contributed by atoms with Gasteiger partial charge in [0.2, 0.25) is 0 Å². The van der Waals surface area contributed by atoms with Crippen molar-refractivity contribution < 1.29 is 9.53 Å². The van der Waals surface area contributed by atoms with E-state index in [0.717, 1.165) is 5.69 Å². The number of rotatable bonds is 4. The van der Waals surface area contributed by atoms with Crippen LogP contribution in [0.15, 0.2) is 30.3 Å². The average Bonchev–Trinajstić information content (AvgIpc) is 2.28. The van der Waals surface area contributed by atoms with Gasteiger partial charge in [0.1, 0.15) is 6.04 Å². The molecular weight excluding hydrogens is 190 g/mol. The van der Waals surface area contributed by atoms with Crippen LogP contribution in [0.5, 0.6) is 0 Å². The molecule has 0 aliphatic rings. The summed E-state index contributed by atoms with van der Waals surface area (Å²) in [4.78, 5) is 13.4. The van der Waals surface area contributed by atoms with Gasteiger partial charge in [0, 0.05) is 12.7 Å². The molecule has 0 fully saturated rings. The molecule has 82 valence electrons. The number of ether oxygens (including phenoxy) is 1. The van der Waals surface area contributed by atoms with Crippen molar-refractivity contribution in [3.05, 3.63) is 30.3 Å². The lowest BCUT2D eigenvalue weighted by Crippen LogP contribution is -2.37. The summed E-state index contributed by atoms with van der Waals surface area (Å²) in [7, 11) is 1.89. The molecule has 0 amide bonds. The highest BCUT2D eigenvalue weighted by Gasteiger charge is 2.18. The molecule has 1 aromatic rings. The highest BCUT2D eigenvalue weighted by molar-refractivity contribution is 5.79. The molecule has 0 bridgehead atoms. The fourth-order valence-corrected chi connectivity index (χ4v) is 1.31. The van der Waals surface area contributed by atoms with Gasteiger partial charge in [-0.3, -0.25) is 0 Å². The van der Waals surface area contributed by atoms with Crippen LogP contribution in [-0.4, -0.2) is 25.7 Å². The van der Waals surface area contributed by atoms with Crippen LogP contribution >= 0.6 is 0 Å². The molecular formula is C12H17NO2. The van der Waals surface area contributed by atoms with Crippen molar-refractivity contribution in [3.8, 4) is 0 Å². The first kappa shape index (κ1) is 11.6. The van der Waals surface area contributed by atoms with Crippen molar-refractivity contribution in [3.63, 3.8) is 0 Å². The van der Waals surface area contributed by atoms with E-state index in [-0.39, 0.29) is 12.0 Å². The van der Waals surface area contributed by atoms with Gasteiger partial charge in [-0.15, -0.1) is 0 Å². The smallest absolute Gasteiger partial charge is 0.328 e. The summed E-state index contributed by atoms with van der Waals surface area (Å²) in [6.45, 7) is 4.07. The largest absolute Gasteiger partial charge is 0.464 e. The minimum atomic E-state index is -0.257. The topological polar surface area (TPSA) is 29.5 Å². The van der Waals surface area contributed by atoms with Crippen LogP contribution in [0.3, 0.4) is 0 Å². The van der Waals surface area contributed by atoms with Crippen LogP contribution in [0.1, 0.15) is 13.8 Å². The first-order chi connectivity index (χ1) is 7.16. The van der Waals surface area contributed by atoms with E-state index in [1.807, 2.05) is 56.1 Å². The number of hydrogen-bond donors (Lipinski definition) is 0. The number of carbonyl (C=O) groups is 1. The summed E-state index contributed by atoms with van der Waals surface area (Å²) in [5.74, 6) is -0.191. The summed E-state index contributed by atoms with van der Waals surface area (Å²) in [6, 6.07) is 9.53. The SMILES string of the molecule is CCOC(=O)[C@H](C)N(C)c1ccccc1. The van der Waals surface area contributed by atoms with Gasteiger partial charge in [-0.2, -0.15) is 0 Å². The molecule has 3 nitrogen and oxygen atoms in total. The number of anilines is 1. The second-order valence-electron chi connectivity index (χ2n) is 3.37. The lowest BCUT2D eigenvalue weighted by atomic mass is 10.2. The molecule has 1 atom stereocenters. The number of carbonyl (C=O) groups excluding carboxylic acids is 1. The first-order valence-corrected chi connectivity index (χ1v) is 5.11. The Hall–Kier alpha value is -1.51. The van der Waals surface area contributed by atoms with E-state index in [1.54, 1.807) is 0 Å². The molecule has 0 unspecified atom stereocenters.